The fourth-order valence-electron chi connectivity index (χ4n) is 3.45. The summed E-state index contributed by atoms with van der Waals surface area (Å²) in [5.41, 5.74) is 0.863. The zero-order valence-electron chi connectivity index (χ0n) is 17.2. The molecule has 1 fully saturated rings. The van der Waals surface area contributed by atoms with Crippen LogP contribution in [0, 0.1) is 25.2 Å². The summed E-state index contributed by atoms with van der Waals surface area (Å²) < 4.78 is 43.4. The fraction of sp³-hybridized carbons (Fsp3) is 0.400. The summed E-state index contributed by atoms with van der Waals surface area (Å²) in [5, 5.41) is 11.9. The lowest BCUT2D eigenvalue weighted by molar-refractivity contribution is -0.119. The van der Waals surface area contributed by atoms with Crippen molar-refractivity contribution >= 4 is 21.8 Å². The van der Waals surface area contributed by atoms with Crippen LogP contribution in [0.4, 0.5) is 5.88 Å². The van der Waals surface area contributed by atoms with Crippen molar-refractivity contribution in [3.63, 3.8) is 0 Å². The predicted molar refractivity (Wildman–Crippen MR) is 108 cm³/mol. The van der Waals surface area contributed by atoms with Crippen molar-refractivity contribution in [2.45, 2.75) is 37.6 Å². The number of rotatable bonds is 6. The van der Waals surface area contributed by atoms with E-state index in [0.29, 0.717) is 29.9 Å². The highest BCUT2D eigenvalue weighted by atomic mass is 32.2. The SMILES string of the molecule is COc1ccc(S(=O)(=O)N2CCCC2C(=O)Nc2oc(C)c(C)c2C#N)cc1OC. The van der Waals surface area contributed by atoms with E-state index in [0.717, 1.165) is 4.31 Å². The molecule has 1 aromatic heterocycles. The average molecular weight is 433 g/mol. The normalized spacial score (nSPS) is 16.8. The van der Waals surface area contributed by atoms with Crippen LogP contribution in [-0.2, 0) is 14.8 Å². The number of methoxy groups -OCH3 is 2. The van der Waals surface area contributed by atoms with Gasteiger partial charge in [-0.15, -0.1) is 0 Å². The Hall–Kier alpha value is -3.03. The Balaban J connectivity index is 1.89. The number of ether oxygens (including phenoxy) is 2. The molecular formula is C20H23N3O6S. The van der Waals surface area contributed by atoms with Gasteiger partial charge in [-0.05, 0) is 38.8 Å². The minimum Gasteiger partial charge on any atom is -0.493 e. The van der Waals surface area contributed by atoms with E-state index in [-0.39, 0.29) is 28.6 Å². The second kappa shape index (κ2) is 8.38. The Bertz CT molecular complexity index is 1120. The molecule has 1 aliphatic rings. The minimum absolute atomic E-state index is 0.00208. The molecule has 1 N–H and O–H groups in total. The van der Waals surface area contributed by atoms with Crippen LogP contribution < -0.4 is 14.8 Å². The number of carbonyl (C=O) groups excluding carboxylic acids is 1. The van der Waals surface area contributed by atoms with Gasteiger partial charge in [-0.2, -0.15) is 9.57 Å². The molecule has 0 spiro atoms. The van der Waals surface area contributed by atoms with Crippen molar-refractivity contribution in [2.24, 2.45) is 0 Å². The van der Waals surface area contributed by atoms with Gasteiger partial charge in [0.05, 0.1) is 19.1 Å². The predicted octanol–water partition coefficient (Wildman–Crippen LogP) is 2.58. The first-order valence-electron chi connectivity index (χ1n) is 9.29. The molecule has 1 aromatic carbocycles. The molecule has 1 unspecified atom stereocenters. The van der Waals surface area contributed by atoms with Crippen LogP contribution in [0.5, 0.6) is 11.5 Å². The summed E-state index contributed by atoms with van der Waals surface area (Å²) in [4.78, 5) is 12.9. The molecule has 0 bridgehead atoms. The molecule has 9 nitrogen and oxygen atoms in total. The number of benzene rings is 1. The van der Waals surface area contributed by atoms with Crippen LogP contribution >= 0.6 is 0 Å². The molecule has 1 saturated heterocycles. The number of aryl methyl sites for hydroxylation is 1. The van der Waals surface area contributed by atoms with Crippen LogP contribution in [0.15, 0.2) is 27.5 Å². The molecule has 2 aromatic rings. The molecule has 3 rings (SSSR count). The van der Waals surface area contributed by atoms with E-state index in [1.54, 1.807) is 13.8 Å². The number of nitrogens with one attached hydrogen (secondary N) is 1. The molecule has 0 aliphatic carbocycles. The molecular weight excluding hydrogens is 410 g/mol. The zero-order chi connectivity index (χ0) is 22.1. The number of nitriles is 1. The number of hydrogen-bond acceptors (Lipinski definition) is 7. The highest BCUT2D eigenvalue weighted by Crippen LogP contribution is 2.33. The lowest BCUT2D eigenvalue weighted by atomic mass is 10.2. The molecule has 160 valence electrons. The van der Waals surface area contributed by atoms with Gasteiger partial charge < -0.3 is 13.9 Å². The van der Waals surface area contributed by atoms with Gasteiger partial charge in [-0.1, -0.05) is 0 Å². The third-order valence-electron chi connectivity index (χ3n) is 5.20. The van der Waals surface area contributed by atoms with Crippen molar-refractivity contribution in [3.8, 4) is 17.6 Å². The topological polar surface area (TPSA) is 122 Å². The summed E-state index contributed by atoms with van der Waals surface area (Å²) >= 11 is 0. The Morgan fingerprint density at radius 1 is 1.27 bits per heavy atom. The van der Waals surface area contributed by atoms with Gasteiger partial charge in [0.2, 0.25) is 21.8 Å². The van der Waals surface area contributed by atoms with Gasteiger partial charge in [-0.25, -0.2) is 8.42 Å². The molecule has 0 radical (unpaired) electrons. The molecule has 30 heavy (non-hydrogen) atoms. The fourth-order valence-corrected chi connectivity index (χ4v) is 5.12. The summed E-state index contributed by atoms with van der Waals surface area (Å²) in [6.45, 7) is 3.61. The largest absolute Gasteiger partial charge is 0.493 e. The van der Waals surface area contributed by atoms with Gasteiger partial charge in [-0.3, -0.25) is 10.1 Å². The second-order valence-electron chi connectivity index (χ2n) is 6.88. The Labute approximate surface area is 175 Å². The number of sulfonamides is 1. The maximum absolute atomic E-state index is 13.2. The van der Waals surface area contributed by atoms with E-state index in [9.17, 15) is 18.5 Å². The smallest absolute Gasteiger partial charge is 0.245 e. The molecule has 1 amide bonds. The van der Waals surface area contributed by atoms with E-state index >= 15 is 0 Å². The van der Waals surface area contributed by atoms with Gasteiger partial charge in [0.15, 0.2) is 11.5 Å². The number of amides is 1. The first-order chi connectivity index (χ1) is 14.2. The number of nitrogens with zero attached hydrogens (tertiary/aromatic N) is 2. The monoisotopic (exact) mass is 433 g/mol. The van der Waals surface area contributed by atoms with Crippen molar-refractivity contribution < 1.29 is 27.1 Å². The molecule has 10 heteroatoms. The van der Waals surface area contributed by atoms with E-state index in [1.807, 2.05) is 6.07 Å². The second-order valence-corrected chi connectivity index (χ2v) is 8.77. The maximum Gasteiger partial charge on any atom is 0.245 e. The third-order valence-corrected chi connectivity index (χ3v) is 7.11. The molecule has 1 atom stereocenters. The lowest BCUT2D eigenvalue weighted by Gasteiger charge is -2.23. The maximum atomic E-state index is 13.2. The zero-order valence-corrected chi connectivity index (χ0v) is 18.0. The number of carbonyl (C=O) groups is 1. The lowest BCUT2D eigenvalue weighted by Crippen LogP contribution is -2.43. The summed E-state index contributed by atoms with van der Waals surface area (Å²) in [5.74, 6) is 0.691. The minimum atomic E-state index is -3.96. The van der Waals surface area contributed by atoms with Crippen LogP contribution in [0.3, 0.4) is 0 Å². The first-order valence-corrected chi connectivity index (χ1v) is 10.7. The van der Waals surface area contributed by atoms with E-state index < -0.39 is 22.0 Å². The van der Waals surface area contributed by atoms with E-state index in [1.165, 1.54) is 32.4 Å². The van der Waals surface area contributed by atoms with Crippen molar-refractivity contribution in [1.29, 1.82) is 5.26 Å². The Morgan fingerprint density at radius 2 is 1.97 bits per heavy atom. The first kappa shape index (κ1) is 21.7. The van der Waals surface area contributed by atoms with Crippen molar-refractivity contribution in [2.75, 3.05) is 26.1 Å². The Morgan fingerprint density at radius 3 is 2.60 bits per heavy atom. The van der Waals surface area contributed by atoms with Gasteiger partial charge in [0.25, 0.3) is 0 Å². The number of furan rings is 1. The van der Waals surface area contributed by atoms with E-state index in [2.05, 4.69) is 5.32 Å². The van der Waals surface area contributed by atoms with Gasteiger partial charge >= 0.3 is 0 Å². The highest BCUT2D eigenvalue weighted by Gasteiger charge is 2.40. The van der Waals surface area contributed by atoms with Crippen LogP contribution in [0.25, 0.3) is 0 Å². The van der Waals surface area contributed by atoms with Crippen LogP contribution in [0.1, 0.15) is 29.7 Å². The molecule has 0 saturated carbocycles. The van der Waals surface area contributed by atoms with Crippen LogP contribution in [-0.4, -0.2) is 45.4 Å². The highest BCUT2D eigenvalue weighted by molar-refractivity contribution is 7.89. The molecule has 2 heterocycles. The summed E-state index contributed by atoms with van der Waals surface area (Å²) in [6.07, 6.45) is 0.894. The molecule has 1 aliphatic heterocycles. The average Bonchev–Trinajstić information content (AvgIpc) is 3.33. The summed E-state index contributed by atoms with van der Waals surface area (Å²) in [7, 11) is -1.08. The van der Waals surface area contributed by atoms with E-state index in [4.69, 9.17) is 13.9 Å². The van der Waals surface area contributed by atoms with Gasteiger partial charge in [0, 0.05) is 18.2 Å². The van der Waals surface area contributed by atoms with Gasteiger partial charge in [0.1, 0.15) is 23.4 Å². The number of hydrogen-bond donors (Lipinski definition) is 1. The standard InChI is InChI=1S/C20H23N3O6S/c1-12-13(2)29-20(15(12)11-21)22-19(24)16-6-5-9-23(16)30(25,26)14-7-8-17(27-3)18(10-14)28-4/h7-8,10,16H,5-6,9H2,1-4H3,(H,22,24). The third kappa shape index (κ3) is 3.74. The van der Waals surface area contributed by atoms with Crippen molar-refractivity contribution in [1.82, 2.24) is 4.31 Å². The quantitative estimate of drug-likeness (QED) is 0.743. The van der Waals surface area contributed by atoms with Crippen molar-refractivity contribution in [3.05, 3.63) is 35.1 Å². The van der Waals surface area contributed by atoms with Crippen LogP contribution in [0.2, 0.25) is 0 Å². The Kier molecular flexibility index (Phi) is 6.05. The number of anilines is 1. The summed E-state index contributed by atoms with van der Waals surface area (Å²) in [6, 6.07) is 5.38.